The van der Waals surface area contributed by atoms with Crippen LogP contribution in [0.5, 0.6) is 0 Å². The average molecular weight is 366 g/mol. The fraction of sp³-hybridized carbons (Fsp3) is 0.500. The molecular formula is C12H17BrFN3O2S. The number of hydrogen-bond donors (Lipinski definition) is 2. The zero-order valence-electron chi connectivity index (χ0n) is 11.3. The minimum atomic E-state index is -3.91. The van der Waals surface area contributed by atoms with Crippen LogP contribution >= 0.6 is 15.9 Å². The molecule has 112 valence electrons. The van der Waals surface area contributed by atoms with Crippen molar-refractivity contribution in [3.63, 3.8) is 0 Å². The average Bonchev–Trinajstić information content (AvgIpc) is 3.11. The minimum absolute atomic E-state index is 0.320. The summed E-state index contributed by atoms with van der Waals surface area (Å²) >= 11 is 3.23. The van der Waals surface area contributed by atoms with Crippen LogP contribution in [0.15, 0.2) is 21.5 Å². The monoisotopic (exact) mass is 365 g/mol. The summed E-state index contributed by atoms with van der Waals surface area (Å²) in [6.07, 6.45) is 2.17. The Morgan fingerprint density at radius 1 is 1.40 bits per heavy atom. The fourth-order valence-electron chi connectivity index (χ4n) is 1.77. The van der Waals surface area contributed by atoms with Gasteiger partial charge in [-0.25, -0.2) is 17.8 Å². The van der Waals surface area contributed by atoms with Crippen LogP contribution in [0.2, 0.25) is 0 Å². The minimum Gasteiger partial charge on any atom is -0.310 e. The molecule has 8 heteroatoms. The van der Waals surface area contributed by atoms with Gasteiger partial charge in [0, 0.05) is 36.7 Å². The number of sulfonamides is 1. The van der Waals surface area contributed by atoms with E-state index in [0.29, 0.717) is 22.6 Å². The van der Waals surface area contributed by atoms with Gasteiger partial charge in [0.05, 0.1) is 0 Å². The molecule has 0 atom stereocenters. The molecule has 1 aromatic carbocycles. The van der Waals surface area contributed by atoms with Crippen LogP contribution in [-0.4, -0.2) is 33.6 Å². The molecule has 0 spiro atoms. The highest BCUT2D eigenvalue weighted by Crippen LogP contribution is 2.25. The smallest absolute Gasteiger partial charge is 0.256 e. The first-order valence-corrected chi connectivity index (χ1v) is 8.48. The van der Waals surface area contributed by atoms with Crippen LogP contribution in [0.1, 0.15) is 18.4 Å². The zero-order chi connectivity index (χ0) is 14.9. The Bertz CT molecular complexity index is 603. The van der Waals surface area contributed by atoms with E-state index in [-0.39, 0.29) is 4.90 Å². The van der Waals surface area contributed by atoms with Crippen molar-refractivity contribution >= 4 is 26.0 Å². The molecule has 2 N–H and O–H groups in total. The standard InChI is InChI=1S/C12H17BrFN3O2S/c1-17(2)16-20(18,19)11-6-9(13)5-8(12(11)14)7-15-10-3-4-10/h5-6,10,15-16H,3-4,7H2,1-2H3. The van der Waals surface area contributed by atoms with Crippen LogP contribution in [0.25, 0.3) is 0 Å². The summed E-state index contributed by atoms with van der Waals surface area (Å²) in [5.41, 5.74) is 0.338. The van der Waals surface area contributed by atoms with Gasteiger partial charge in [-0.05, 0) is 25.0 Å². The van der Waals surface area contributed by atoms with Gasteiger partial charge in [-0.2, -0.15) is 0 Å². The summed E-state index contributed by atoms with van der Waals surface area (Å²) in [6.45, 7) is 0.320. The summed E-state index contributed by atoms with van der Waals surface area (Å²) < 4.78 is 39.1. The first kappa shape index (κ1) is 15.8. The fourth-order valence-corrected chi connectivity index (χ4v) is 3.66. The van der Waals surface area contributed by atoms with Crippen molar-refractivity contribution in [1.29, 1.82) is 0 Å². The van der Waals surface area contributed by atoms with Crippen molar-refractivity contribution in [3.8, 4) is 0 Å². The summed E-state index contributed by atoms with van der Waals surface area (Å²) in [5.74, 6) is -0.712. The third-order valence-corrected chi connectivity index (χ3v) is 4.77. The third-order valence-electron chi connectivity index (χ3n) is 2.83. The van der Waals surface area contributed by atoms with E-state index in [2.05, 4.69) is 26.1 Å². The number of rotatable bonds is 6. The molecule has 1 aliphatic carbocycles. The van der Waals surface area contributed by atoms with E-state index in [1.54, 1.807) is 6.07 Å². The van der Waals surface area contributed by atoms with E-state index in [1.165, 1.54) is 25.2 Å². The molecule has 5 nitrogen and oxygen atoms in total. The van der Waals surface area contributed by atoms with Gasteiger partial charge in [-0.1, -0.05) is 15.9 Å². The van der Waals surface area contributed by atoms with E-state index < -0.39 is 15.8 Å². The molecule has 0 aromatic heterocycles. The summed E-state index contributed by atoms with van der Waals surface area (Å²) in [7, 11) is -0.853. The van der Waals surface area contributed by atoms with E-state index >= 15 is 0 Å². The van der Waals surface area contributed by atoms with Crippen LogP contribution < -0.4 is 10.1 Å². The van der Waals surface area contributed by atoms with Gasteiger partial charge >= 0.3 is 0 Å². The first-order valence-electron chi connectivity index (χ1n) is 6.20. The molecule has 0 radical (unpaired) electrons. The Hall–Kier alpha value is -0.540. The highest BCUT2D eigenvalue weighted by molar-refractivity contribution is 9.10. The predicted octanol–water partition coefficient (Wildman–Crippen LogP) is 1.60. The van der Waals surface area contributed by atoms with E-state index in [4.69, 9.17) is 0 Å². The van der Waals surface area contributed by atoms with Crippen LogP contribution in [0.3, 0.4) is 0 Å². The Morgan fingerprint density at radius 2 is 2.05 bits per heavy atom. The van der Waals surface area contributed by atoms with Gasteiger partial charge in [0.1, 0.15) is 10.7 Å². The third kappa shape index (κ3) is 3.98. The number of benzene rings is 1. The summed E-state index contributed by atoms with van der Waals surface area (Å²) in [4.78, 5) is 1.88. The van der Waals surface area contributed by atoms with Crippen LogP contribution in [0.4, 0.5) is 4.39 Å². The van der Waals surface area contributed by atoms with Crippen molar-refractivity contribution in [2.75, 3.05) is 14.1 Å². The van der Waals surface area contributed by atoms with E-state index in [0.717, 1.165) is 12.8 Å². The molecule has 1 fully saturated rings. The largest absolute Gasteiger partial charge is 0.310 e. The number of hydrazine groups is 1. The summed E-state index contributed by atoms with van der Waals surface area (Å²) in [5, 5.41) is 4.44. The number of nitrogens with one attached hydrogen (secondary N) is 2. The second kappa shape index (κ2) is 6.07. The molecule has 0 bridgehead atoms. The van der Waals surface area contributed by atoms with Gasteiger partial charge in [-0.3, -0.25) is 0 Å². The molecule has 1 aliphatic rings. The van der Waals surface area contributed by atoms with Crippen molar-refractivity contribution in [3.05, 3.63) is 28.0 Å². The second-order valence-corrected chi connectivity index (χ2v) is 7.57. The topological polar surface area (TPSA) is 61.4 Å². The van der Waals surface area contributed by atoms with Gasteiger partial charge in [0.25, 0.3) is 10.0 Å². The molecular weight excluding hydrogens is 349 g/mol. The SMILES string of the molecule is CN(C)NS(=O)(=O)c1cc(Br)cc(CNC2CC2)c1F. The molecule has 2 rings (SSSR count). The predicted molar refractivity (Wildman–Crippen MR) is 78.0 cm³/mol. The normalized spacial score (nSPS) is 15.8. The maximum absolute atomic E-state index is 14.4. The molecule has 1 aromatic rings. The molecule has 20 heavy (non-hydrogen) atoms. The zero-order valence-corrected chi connectivity index (χ0v) is 13.7. The lowest BCUT2D eigenvalue weighted by Crippen LogP contribution is -2.36. The Kier molecular flexibility index (Phi) is 4.80. The maximum Gasteiger partial charge on any atom is 0.256 e. The second-order valence-electron chi connectivity index (χ2n) is 5.02. The van der Waals surface area contributed by atoms with Crippen molar-refractivity contribution < 1.29 is 12.8 Å². The molecule has 0 amide bonds. The van der Waals surface area contributed by atoms with Gasteiger partial charge < -0.3 is 5.32 Å². The van der Waals surface area contributed by atoms with Crippen molar-refractivity contribution in [2.24, 2.45) is 0 Å². The van der Waals surface area contributed by atoms with Gasteiger partial charge in [0.15, 0.2) is 0 Å². The maximum atomic E-state index is 14.4. The van der Waals surface area contributed by atoms with Gasteiger partial charge in [0.2, 0.25) is 0 Å². The Balaban J connectivity index is 2.32. The molecule has 0 heterocycles. The lowest BCUT2D eigenvalue weighted by molar-refractivity contribution is 0.362. The number of halogens is 2. The molecule has 1 saturated carbocycles. The van der Waals surface area contributed by atoms with E-state index in [1.807, 2.05) is 0 Å². The molecule has 0 saturated heterocycles. The van der Waals surface area contributed by atoms with Crippen LogP contribution in [0, 0.1) is 5.82 Å². The Labute approximate surface area is 126 Å². The Morgan fingerprint density at radius 3 is 2.60 bits per heavy atom. The lowest BCUT2D eigenvalue weighted by Gasteiger charge is -2.15. The lowest BCUT2D eigenvalue weighted by atomic mass is 10.2. The number of nitrogens with zero attached hydrogens (tertiary/aromatic N) is 1. The quantitative estimate of drug-likeness (QED) is 0.751. The van der Waals surface area contributed by atoms with Crippen molar-refractivity contribution in [2.45, 2.75) is 30.3 Å². The summed E-state index contributed by atoms with van der Waals surface area (Å²) in [6, 6.07) is 3.29. The molecule has 0 aliphatic heterocycles. The van der Waals surface area contributed by atoms with E-state index in [9.17, 15) is 12.8 Å². The highest BCUT2D eigenvalue weighted by Gasteiger charge is 2.25. The number of hydrogen-bond acceptors (Lipinski definition) is 4. The highest BCUT2D eigenvalue weighted by atomic mass is 79.9. The molecule has 0 unspecified atom stereocenters. The van der Waals surface area contributed by atoms with Crippen LogP contribution in [-0.2, 0) is 16.6 Å². The van der Waals surface area contributed by atoms with Gasteiger partial charge in [-0.15, -0.1) is 4.83 Å². The van der Waals surface area contributed by atoms with Crippen molar-refractivity contribution in [1.82, 2.24) is 15.2 Å². The first-order chi connectivity index (χ1) is 9.29.